The zero-order chi connectivity index (χ0) is 20.1. The van der Waals surface area contributed by atoms with Gasteiger partial charge in [-0.15, -0.1) is 0 Å². The lowest BCUT2D eigenvalue weighted by Crippen LogP contribution is -2.11. The van der Waals surface area contributed by atoms with Gasteiger partial charge in [0.1, 0.15) is 17.9 Å². The minimum absolute atomic E-state index is 0.187. The maximum absolute atomic E-state index is 12.3. The number of nitrogens with one attached hydrogen (secondary N) is 2. The zero-order valence-corrected chi connectivity index (χ0v) is 15.6. The summed E-state index contributed by atoms with van der Waals surface area (Å²) in [5, 5.41) is 10.2. The van der Waals surface area contributed by atoms with E-state index in [0.717, 1.165) is 5.69 Å². The highest BCUT2D eigenvalue weighted by molar-refractivity contribution is 6.04. The van der Waals surface area contributed by atoms with Crippen molar-refractivity contribution in [2.45, 2.75) is 0 Å². The van der Waals surface area contributed by atoms with Gasteiger partial charge < -0.3 is 15.4 Å². The number of anilines is 3. The van der Waals surface area contributed by atoms with E-state index in [0.29, 0.717) is 28.6 Å². The number of rotatable bonds is 6. The first-order valence-electron chi connectivity index (χ1n) is 8.86. The van der Waals surface area contributed by atoms with Crippen LogP contribution in [0.2, 0.25) is 0 Å². The maximum Gasteiger partial charge on any atom is 0.255 e. The van der Waals surface area contributed by atoms with Crippen LogP contribution >= 0.6 is 0 Å². The molecule has 0 unspecified atom stereocenters. The molecule has 2 aromatic heterocycles. The molecule has 0 aliphatic rings. The quantitative estimate of drug-likeness (QED) is 0.525. The van der Waals surface area contributed by atoms with Crippen molar-refractivity contribution in [3.63, 3.8) is 0 Å². The summed E-state index contributed by atoms with van der Waals surface area (Å²) in [6.07, 6.45) is 4.98. The van der Waals surface area contributed by atoms with Crippen molar-refractivity contribution in [2.75, 3.05) is 17.7 Å². The average Bonchev–Trinajstić information content (AvgIpc) is 3.30. The molecule has 2 aromatic carbocycles. The largest absolute Gasteiger partial charge is 0.497 e. The molecule has 0 saturated carbocycles. The highest BCUT2D eigenvalue weighted by Crippen LogP contribution is 2.19. The Morgan fingerprint density at radius 2 is 1.76 bits per heavy atom. The summed E-state index contributed by atoms with van der Waals surface area (Å²) in [5.74, 6) is 1.82. The standard InChI is InChI=1S/C21H18N6O2/c1-29-18-9-3-15(4-10-18)21(28)26-17-7-5-16(6-8-17)25-19-13-20(23-14-22-19)27-12-2-11-24-27/h2-14H,1H3,(H,26,28)(H,22,23,25). The molecule has 0 spiro atoms. The molecule has 2 N–H and O–H groups in total. The summed E-state index contributed by atoms with van der Waals surface area (Å²) in [6, 6.07) is 17.9. The van der Waals surface area contributed by atoms with Gasteiger partial charge in [0.2, 0.25) is 0 Å². The Kier molecular flexibility index (Phi) is 5.15. The Morgan fingerprint density at radius 1 is 1.00 bits per heavy atom. The number of methoxy groups -OCH3 is 1. The molecule has 1 amide bonds. The van der Waals surface area contributed by atoms with E-state index in [4.69, 9.17) is 4.74 Å². The number of carbonyl (C=O) groups is 1. The molecule has 0 saturated heterocycles. The van der Waals surface area contributed by atoms with E-state index in [1.807, 2.05) is 36.5 Å². The Hall–Kier alpha value is -4.20. The molecule has 8 nitrogen and oxygen atoms in total. The number of amides is 1. The monoisotopic (exact) mass is 386 g/mol. The minimum atomic E-state index is -0.187. The Morgan fingerprint density at radius 3 is 2.45 bits per heavy atom. The summed E-state index contributed by atoms with van der Waals surface area (Å²) < 4.78 is 6.76. The summed E-state index contributed by atoms with van der Waals surface area (Å²) in [4.78, 5) is 20.8. The minimum Gasteiger partial charge on any atom is -0.497 e. The summed E-state index contributed by atoms with van der Waals surface area (Å²) >= 11 is 0. The van der Waals surface area contributed by atoms with Crippen molar-refractivity contribution in [2.24, 2.45) is 0 Å². The lowest BCUT2D eigenvalue weighted by molar-refractivity contribution is 0.102. The van der Waals surface area contributed by atoms with Crippen molar-refractivity contribution in [3.05, 3.63) is 84.9 Å². The lowest BCUT2D eigenvalue weighted by atomic mass is 10.2. The highest BCUT2D eigenvalue weighted by Gasteiger charge is 2.07. The molecule has 2 heterocycles. The fourth-order valence-electron chi connectivity index (χ4n) is 2.68. The molecule has 29 heavy (non-hydrogen) atoms. The Balaban J connectivity index is 1.41. The van der Waals surface area contributed by atoms with Gasteiger partial charge in [-0.1, -0.05) is 0 Å². The van der Waals surface area contributed by atoms with Crippen LogP contribution in [0.1, 0.15) is 10.4 Å². The van der Waals surface area contributed by atoms with Crippen LogP contribution in [0.3, 0.4) is 0 Å². The predicted molar refractivity (Wildman–Crippen MR) is 110 cm³/mol. The molecule has 0 atom stereocenters. The smallest absolute Gasteiger partial charge is 0.255 e. The van der Waals surface area contributed by atoms with E-state index in [-0.39, 0.29) is 5.91 Å². The number of carbonyl (C=O) groups excluding carboxylic acids is 1. The van der Waals surface area contributed by atoms with Crippen molar-refractivity contribution in [1.29, 1.82) is 0 Å². The summed E-state index contributed by atoms with van der Waals surface area (Å²) in [6.45, 7) is 0. The normalized spacial score (nSPS) is 10.4. The van der Waals surface area contributed by atoms with Crippen molar-refractivity contribution >= 4 is 23.1 Å². The summed E-state index contributed by atoms with van der Waals surface area (Å²) in [7, 11) is 1.59. The third kappa shape index (κ3) is 4.38. The first-order valence-corrected chi connectivity index (χ1v) is 8.86. The van der Waals surface area contributed by atoms with Crippen LogP contribution in [-0.4, -0.2) is 32.8 Å². The fraction of sp³-hybridized carbons (Fsp3) is 0.0476. The van der Waals surface area contributed by atoms with Gasteiger partial charge in [0, 0.05) is 35.4 Å². The van der Waals surface area contributed by atoms with Crippen LogP contribution in [0.15, 0.2) is 79.4 Å². The topological polar surface area (TPSA) is 94.0 Å². The van der Waals surface area contributed by atoms with E-state index >= 15 is 0 Å². The van der Waals surface area contributed by atoms with Gasteiger partial charge >= 0.3 is 0 Å². The SMILES string of the molecule is COc1ccc(C(=O)Nc2ccc(Nc3cc(-n4cccn4)ncn3)cc2)cc1. The number of hydrogen-bond acceptors (Lipinski definition) is 6. The molecule has 4 aromatic rings. The van der Waals surface area contributed by atoms with Crippen molar-refractivity contribution in [3.8, 4) is 11.6 Å². The maximum atomic E-state index is 12.3. The molecule has 0 bridgehead atoms. The van der Waals surface area contributed by atoms with E-state index in [1.54, 1.807) is 48.3 Å². The van der Waals surface area contributed by atoms with E-state index in [2.05, 4.69) is 25.7 Å². The molecule has 0 aliphatic heterocycles. The van der Waals surface area contributed by atoms with Crippen LogP contribution in [0, 0.1) is 0 Å². The number of benzene rings is 2. The van der Waals surface area contributed by atoms with Crippen LogP contribution in [0.5, 0.6) is 5.75 Å². The Labute approximate surface area is 167 Å². The van der Waals surface area contributed by atoms with Crippen LogP contribution in [0.4, 0.5) is 17.2 Å². The van der Waals surface area contributed by atoms with E-state index < -0.39 is 0 Å². The summed E-state index contributed by atoms with van der Waals surface area (Å²) in [5.41, 5.74) is 2.08. The number of hydrogen-bond donors (Lipinski definition) is 2. The van der Waals surface area contributed by atoms with Crippen LogP contribution in [-0.2, 0) is 0 Å². The van der Waals surface area contributed by atoms with E-state index in [9.17, 15) is 4.79 Å². The molecular weight excluding hydrogens is 368 g/mol. The van der Waals surface area contributed by atoms with Gasteiger partial charge in [-0.25, -0.2) is 14.6 Å². The third-order valence-electron chi connectivity index (χ3n) is 4.16. The van der Waals surface area contributed by atoms with Crippen LogP contribution < -0.4 is 15.4 Å². The van der Waals surface area contributed by atoms with Crippen molar-refractivity contribution in [1.82, 2.24) is 19.7 Å². The first kappa shape index (κ1) is 18.2. The van der Waals surface area contributed by atoms with Gasteiger partial charge in [0.05, 0.1) is 7.11 Å². The second-order valence-corrected chi connectivity index (χ2v) is 6.10. The van der Waals surface area contributed by atoms with Gasteiger partial charge in [-0.2, -0.15) is 5.10 Å². The van der Waals surface area contributed by atoms with Gasteiger partial charge in [-0.05, 0) is 54.6 Å². The molecule has 0 radical (unpaired) electrons. The second-order valence-electron chi connectivity index (χ2n) is 6.10. The molecular formula is C21H18N6O2. The highest BCUT2D eigenvalue weighted by atomic mass is 16.5. The van der Waals surface area contributed by atoms with E-state index in [1.165, 1.54) is 6.33 Å². The second kappa shape index (κ2) is 8.22. The number of ether oxygens (including phenoxy) is 1. The Bertz CT molecular complexity index is 1090. The lowest BCUT2D eigenvalue weighted by Gasteiger charge is -2.09. The third-order valence-corrected chi connectivity index (χ3v) is 4.16. The van der Waals surface area contributed by atoms with Gasteiger partial charge in [0.25, 0.3) is 5.91 Å². The molecule has 4 rings (SSSR count). The molecule has 0 aliphatic carbocycles. The molecule has 0 fully saturated rings. The van der Waals surface area contributed by atoms with Gasteiger partial charge in [0.15, 0.2) is 5.82 Å². The first-order chi connectivity index (χ1) is 14.2. The average molecular weight is 386 g/mol. The van der Waals surface area contributed by atoms with Gasteiger partial charge in [-0.3, -0.25) is 4.79 Å². The molecule has 144 valence electrons. The fourth-order valence-corrected chi connectivity index (χ4v) is 2.68. The molecule has 8 heteroatoms. The predicted octanol–water partition coefficient (Wildman–Crippen LogP) is 3.67. The number of nitrogens with zero attached hydrogens (tertiary/aromatic N) is 4. The number of aromatic nitrogens is 4. The van der Waals surface area contributed by atoms with Crippen LogP contribution in [0.25, 0.3) is 5.82 Å². The zero-order valence-electron chi connectivity index (χ0n) is 15.6. The van der Waals surface area contributed by atoms with Crippen molar-refractivity contribution < 1.29 is 9.53 Å².